The van der Waals surface area contributed by atoms with Crippen molar-refractivity contribution in [2.75, 3.05) is 0 Å². The Morgan fingerprint density at radius 1 is 1.35 bits per heavy atom. The number of hydrogen-bond donors (Lipinski definition) is 0. The summed E-state index contributed by atoms with van der Waals surface area (Å²) in [5.41, 5.74) is 1.57. The molecule has 104 valence electrons. The highest BCUT2D eigenvalue weighted by atomic mass is 35.5. The maximum atomic E-state index is 6.22. The van der Waals surface area contributed by atoms with Gasteiger partial charge in [-0.2, -0.15) is 0 Å². The van der Waals surface area contributed by atoms with Crippen LogP contribution in [0.4, 0.5) is 0 Å². The molecule has 0 radical (unpaired) electrons. The second-order valence-corrected chi connectivity index (χ2v) is 5.63. The van der Waals surface area contributed by atoms with Crippen molar-refractivity contribution < 1.29 is 0 Å². The topological polar surface area (TPSA) is 48.5 Å². The van der Waals surface area contributed by atoms with Crippen molar-refractivity contribution >= 4 is 34.4 Å². The van der Waals surface area contributed by atoms with E-state index < -0.39 is 0 Å². The maximum absolute atomic E-state index is 6.22. The fraction of sp³-hybridized carbons (Fsp3) is 0.308. The van der Waals surface area contributed by atoms with Crippen LogP contribution in [0.1, 0.15) is 18.1 Å². The number of imidazole rings is 2. The van der Waals surface area contributed by atoms with Crippen LogP contribution in [0.25, 0.3) is 11.2 Å². The van der Waals surface area contributed by atoms with Crippen molar-refractivity contribution in [2.45, 2.75) is 25.4 Å². The number of nitrogens with zero attached hydrogens (tertiary/aromatic N) is 5. The molecule has 0 aliphatic rings. The Hall–Kier alpha value is -1.59. The summed E-state index contributed by atoms with van der Waals surface area (Å²) in [5, 5.41) is 0.385. The SMILES string of the molecule is CC(Cl)c1nc2cc(Cl)cnc2n1CCn1ccnc1. The lowest BCUT2D eigenvalue weighted by atomic mass is 10.4. The van der Waals surface area contributed by atoms with E-state index in [1.54, 1.807) is 24.8 Å². The second kappa shape index (κ2) is 5.42. The Kier molecular flexibility index (Phi) is 3.63. The van der Waals surface area contributed by atoms with Crippen LogP contribution in [0, 0.1) is 0 Å². The molecular formula is C13H13Cl2N5. The van der Waals surface area contributed by atoms with Crippen LogP contribution in [-0.4, -0.2) is 24.1 Å². The first kappa shape index (κ1) is 13.4. The van der Waals surface area contributed by atoms with Gasteiger partial charge in [-0.3, -0.25) is 0 Å². The highest BCUT2D eigenvalue weighted by Crippen LogP contribution is 2.25. The van der Waals surface area contributed by atoms with E-state index in [0.29, 0.717) is 5.02 Å². The van der Waals surface area contributed by atoms with Gasteiger partial charge in [0.1, 0.15) is 11.3 Å². The summed E-state index contributed by atoms with van der Waals surface area (Å²) < 4.78 is 4.04. The van der Waals surface area contributed by atoms with Gasteiger partial charge >= 0.3 is 0 Å². The summed E-state index contributed by atoms with van der Waals surface area (Å²) in [7, 11) is 0. The normalized spacial score (nSPS) is 12.9. The highest BCUT2D eigenvalue weighted by molar-refractivity contribution is 6.31. The first-order valence-corrected chi connectivity index (χ1v) is 7.08. The minimum atomic E-state index is -0.189. The number of aromatic nitrogens is 5. The second-order valence-electron chi connectivity index (χ2n) is 4.53. The largest absolute Gasteiger partial charge is 0.336 e. The van der Waals surface area contributed by atoms with Gasteiger partial charge in [0.05, 0.1) is 16.7 Å². The third-order valence-electron chi connectivity index (χ3n) is 3.08. The third-order valence-corrected chi connectivity index (χ3v) is 3.48. The number of rotatable bonds is 4. The molecule has 0 aromatic carbocycles. The molecule has 0 N–H and O–H groups in total. The third kappa shape index (κ3) is 2.51. The quantitative estimate of drug-likeness (QED) is 0.695. The molecule has 7 heteroatoms. The van der Waals surface area contributed by atoms with Crippen LogP contribution in [-0.2, 0) is 13.1 Å². The number of fused-ring (bicyclic) bond motifs is 1. The zero-order valence-corrected chi connectivity index (χ0v) is 12.4. The molecule has 0 fully saturated rings. The lowest BCUT2D eigenvalue weighted by Crippen LogP contribution is -2.10. The molecule has 3 heterocycles. The van der Waals surface area contributed by atoms with E-state index in [0.717, 1.165) is 30.1 Å². The minimum Gasteiger partial charge on any atom is -0.336 e. The van der Waals surface area contributed by atoms with Crippen LogP contribution in [0.3, 0.4) is 0 Å². The maximum Gasteiger partial charge on any atom is 0.160 e. The summed E-state index contributed by atoms with van der Waals surface area (Å²) in [4.78, 5) is 12.9. The van der Waals surface area contributed by atoms with E-state index in [9.17, 15) is 0 Å². The van der Waals surface area contributed by atoms with E-state index >= 15 is 0 Å². The predicted octanol–water partition coefficient (Wildman–Crippen LogP) is 3.28. The molecule has 0 saturated carbocycles. The van der Waals surface area contributed by atoms with Crippen molar-refractivity contribution in [1.29, 1.82) is 0 Å². The number of alkyl halides is 1. The smallest absolute Gasteiger partial charge is 0.160 e. The highest BCUT2D eigenvalue weighted by Gasteiger charge is 2.16. The summed E-state index contributed by atoms with van der Waals surface area (Å²) in [5.74, 6) is 0.802. The molecule has 0 amide bonds. The minimum absolute atomic E-state index is 0.189. The van der Waals surface area contributed by atoms with Crippen molar-refractivity contribution in [3.05, 3.63) is 41.8 Å². The van der Waals surface area contributed by atoms with Crippen LogP contribution < -0.4 is 0 Å². The Balaban J connectivity index is 2.00. The van der Waals surface area contributed by atoms with E-state index in [2.05, 4.69) is 15.0 Å². The standard InChI is InChI=1S/C13H13Cl2N5/c1-9(14)12-18-11-6-10(15)7-17-13(11)20(12)5-4-19-3-2-16-8-19/h2-3,6-9H,4-5H2,1H3. The van der Waals surface area contributed by atoms with E-state index in [1.165, 1.54) is 0 Å². The number of hydrogen-bond acceptors (Lipinski definition) is 3. The van der Waals surface area contributed by atoms with Crippen molar-refractivity contribution in [3.8, 4) is 0 Å². The van der Waals surface area contributed by atoms with Crippen LogP contribution in [0.15, 0.2) is 31.0 Å². The molecule has 5 nitrogen and oxygen atoms in total. The van der Waals surface area contributed by atoms with Gasteiger partial charge in [-0.15, -0.1) is 11.6 Å². The lowest BCUT2D eigenvalue weighted by Gasteiger charge is -2.10. The molecule has 20 heavy (non-hydrogen) atoms. The first-order chi connectivity index (χ1) is 9.65. The first-order valence-electron chi connectivity index (χ1n) is 6.26. The van der Waals surface area contributed by atoms with Gasteiger partial charge in [-0.25, -0.2) is 15.0 Å². The summed E-state index contributed by atoms with van der Waals surface area (Å²) >= 11 is 12.2. The molecule has 0 aliphatic heterocycles. The number of pyridine rings is 1. The van der Waals surface area contributed by atoms with Gasteiger partial charge in [0, 0.05) is 31.7 Å². The van der Waals surface area contributed by atoms with E-state index in [1.807, 2.05) is 22.3 Å². The molecule has 1 atom stereocenters. The number of halogens is 2. The van der Waals surface area contributed by atoms with Crippen LogP contribution in [0.5, 0.6) is 0 Å². The van der Waals surface area contributed by atoms with Gasteiger partial charge < -0.3 is 9.13 Å². The molecule has 3 aromatic rings. The predicted molar refractivity (Wildman–Crippen MR) is 79.0 cm³/mol. The average Bonchev–Trinajstić information content (AvgIpc) is 3.02. The molecule has 0 bridgehead atoms. The van der Waals surface area contributed by atoms with Gasteiger partial charge in [-0.1, -0.05) is 11.6 Å². The van der Waals surface area contributed by atoms with Crippen molar-refractivity contribution in [1.82, 2.24) is 24.1 Å². The zero-order chi connectivity index (χ0) is 14.1. The van der Waals surface area contributed by atoms with Gasteiger partial charge in [0.15, 0.2) is 5.65 Å². The number of aryl methyl sites for hydroxylation is 2. The summed E-state index contributed by atoms with van der Waals surface area (Å²) in [6, 6.07) is 1.81. The van der Waals surface area contributed by atoms with E-state index in [4.69, 9.17) is 23.2 Å². The Morgan fingerprint density at radius 3 is 2.90 bits per heavy atom. The van der Waals surface area contributed by atoms with Crippen LogP contribution in [0.2, 0.25) is 5.02 Å². The molecule has 3 aromatic heterocycles. The van der Waals surface area contributed by atoms with Crippen LogP contribution >= 0.6 is 23.2 Å². The summed E-state index contributed by atoms with van der Waals surface area (Å²) in [6.45, 7) is 3.42. The molecule has 0 saturated heterocycles. The van der Waals surface area contributed by atoms with E-state index in [-0.39, 0.29) is 5.38 Å². The van der Waals surface area contributed by atoms with Gasteiger partial charge in [-0.05, 0) is 13.0 Å². The van der Waals surface area contributed by atoms with Crippen molar-refractivity contribution in [3.63, 3.8) is 0 Å². The fourth-order valence-corrected chi connectivity index (χ4v) is 2.48. The molecule has 0 aliphatic carbocycles. The lowest BCUT2D eigenvalue weighted by molar-refractivity contribution is 0.567. The summed E-state index contributed by atoms with van der Waals surface area (Å²) in [6.07, 6.45) is 7.09. The van der Waals surface area contributed by atoms with Gasteiger partial charge in [0.25, 0.3) is 0 Å². The Labute approximate surface area is 126 Å². The van der Waals surface area contributed by atoms with Gasteiger partial charge in [0.2, 0.25) is 0 Å². The average molecular weight is 310 g/mol. The molecule has 3 rings (SSSR count). The van der Waals surface area contributed by atoms with Crippen molar-refractivity contribution in [2.24, 2.45) is 0 Å². The zero-order valence-electron chi connectivity index (χ0n) is 10.9. The Bertz CT molecular complexity index is 718. The fourth-order valence-electron chi connectivity index (χ4n) is 2.16. The monoisotopic (exact) mass is 309 g/mol. The molecular weight excluding hydrogens is 297 g/mol. The molecule has 1 unspecified atom stereocenters. The Morgan fingerprint density at radius 2 is 2.20 bits per heavy atom. The molecule has 0 spiro atoms.